The van der Waals surface area contributed by atoms with Crippen LogP contribution in [0.5, 0.6) is 0 Å². The van der Waals surface area contributed by atoms with Gasteiger partial charge in [0.05, 0.1) is 35.2 Å². The van der Waals surface area contributed by atoms with Gasteiger partial charge in [-0.25, -0.2) is 4.79 Å². The van der Waals surface area contributed by atoms with Crippen molar-refractivity contribution >= 4 is 46.2 Å². The molecule has 0 unspecified atom stereocenters. The Kier molecular flexibility index (Phi) is 9.41. The Labute approximate surface area is 268 Å². The first-order valence-electron chi connectivity index (χ1n) is 15.0. The van der Waals surface area contributed by atoms with Gasteiger partial charge in [0.25, 0.3) is 5.56 Å². The normalized spacial score (nSPS) is 16.0. The van der Waals surface area contributed by atoms with Gasteiger partial charge in [-0.05, 0) is 57.4 Å². The highest BCUT2D eigenvalue weighted by molar-refractivity contribution is 6.33. The maximum Gasteiger partial charge on any atom is 0.416 e. The lowest BCUT2D eigenvalue weighted by Crippen LogP contribution is -2.51. The predicted octanol–water partition coefficient (Wildman–Crippen LogP) is 5.23. The number of amides is 2. The number of rotatable bonds is 6. The summed E-state index contributed by atoms with van der Waals surface area (Å²) in [6.07, 6.45) is -2.14. The molecule has 2 aromatic heterocycles. The molecule has 248 valence electrons. The number of piperazine rings is 1. The zero-order chi connectivity index (χ0) is 33.4. The van der Waals surface area contributed by atoms with Gasteiger partial charge in [0.15, 0.2) is 0 Å². The molecule has 2 aliphatic heterocycles. The summed E-state index contributed by atoms with van der Waals surface area (Å²) in [5, 5.41) is 6.99. The third-order valence-electron chi connectivity index (χ3n) is 7.71. The van der Waals surface area contributed by atoms with Crippen molar-refractivity contribution in [2.45, 2.75) is 58.9 Å². The molecule has 1 fully saturated rings. The van der Waals surface area contributed by atoms with Crippen molar-refractivity contribution in [1.29, 1.82) is 0 Å². The maximum atomic E-state index is 14.1. The van der Waals surface area contributed by atoms with E-state index in [0.29, 0.717) is 75.0 Å². The van der Waals surface area contributed by atoms with Crippen molar-refractivity contribution in [3.8, 4) is 0 Å². The molecule has 0 saturated carbocycles. The van der Waals surface area contributed by atoms with Crippen LogP contribution in [0.4, 0.5) is 29.3 Å². The Bertz CT molecular complexity index is 1740. The minimum absolute atomic E-state index is 0.0230. The number of hydrogen-bond acceptors (Lipinski definition) is 7. The molecule has 3 aromatic rings. The third-order valence-corrected chi connectivity index (χ3v) is 8.02. The highest BCUT2D eigenvalue weighted by Crippen LogP contribution is 2.34. The standard InChI is InChI=1S/C31H36ClF3N6O5/c1-5-24-27(38-10-12-39(13-11-38)29(44)46-30(2,3)4)28(43)41-26(17-23(37-41)19-8-14-45-15-9-19)40(24)18-25(42)36-22-7-6-20(16-21(22)32)31(33,34)35/h6-8,16-17H,5,9-15,18H2,1-4H3,(H,36,42). The molecule has 2 amide bonds. The molecule has 1 aromatic carbocycles. The molecular formula is C31H36ClF3N6O5. The Hall–Kier alpha value is -4.04. The number of ether oxygens (including phenoxy) is 2. The van der Waals surface area contributed by atoms with E-state index in [0.717, 1.165) is 23.8 Å². The Morgan fingerprint density at radius 1 is 1.11 bits per heavy atom. The second-order valence-corrected chi connectivity index (χ2v) is 12.5. The van der Waals surface area contributed by atoms with Gasteiger partial charge < -0.3 is 29.2 Å². The Morgan fingerprint density at radius 2 is 1.83 bits per heavy atom. The van der Waals surface area contributed by atoms with E-state index in [4.69, 9.17) is 21.1 Å². The minimum atomic E-state index is -4.59. The molecule has 0 spiro atoms. The molecule has 1 saturated heterocycles. The molecule has 46 heavy (non-hydrogen) atoms. The fourth-order valence-electron chi connectivity index (χ4n) is 5.54. The number of nitrogens with zero attached hydrogens (tertiary/aromatic N) is 5. The van der Waals surface area contributed by atoms with Crippen molar-refractivity contribution in [3.63, 3.8) is 0 Å². The lowest BCUT2D eigenvalue weighted by Gasteiger charge is -2.37. The van der Waals surface area contributed by atoms with Crippen LogP contribution in [0.15, 0.2) is 35.1 Å². The average Bonchev–Trinajstić information content (AvgIpc) is 3.45. The predicted molar refractivity (Wildman–Crippen MR) is 167 cm³/mol. The number of alkyl halides is 3. The van der Waals surface area contributed by atoms with E-state index < -0.39 is 29.3 Å². The minimum Gasteiger partial charge on any atom is -0.444 e. The summed E-state index contributed by atoms with van der Waals surface area (Å²) in [5.41, 5.74) is 0.880. The average molecular weight is 665 g/mol. The summed E-state index contributed by atoms with van der Waals surface area (Å²) in [4.78, 5) is 43.7. The quantitative estimate of drug-likeness (QED) is 0.384. The van der Waals surface area contributed by atoms with Crippen molar-refractivity contribution in [3.05, 3.63) is 62.7 Å². The molecule has 1 N–H and O–H groups in total. The molecule has 0 atom stereocenters. The highest BCUT2D eigenvalue weighted by atomic mass is 35.5. The lowest BCUT2D eigenvalue weighted by atomic mass is 10.1. The van der Waals surface area contributed by atoms with Crippen LogP contribution in [0, 0.1) is 0 Å². The Balaban J connectivity index is 1.51. The molecule has 15 heteroatoms. The van der Waals surface area contributed by atoms with Gasteiger partial charge in [-0.15, -0.1) is 0 Å². The largest absolute Gasteiger partial charge is 0.444 e. The number of halogens is 4. The fraction of sp³-hybridized carbons (Fsp3) is 0.484. The van der Waals surface area contributed by atoms with Crippen molar-refractivity contribution in [2.75, 3.05) is 49.6 Å². The number of nitrogens with one attached hydrogen (secondary N) is 1. The first-order valence-corrected chi connectivity index (χ1v) is 15.4. The molecule has 5 rings (SSSR count). The highest BCUT2D eigenvalue weighted by Gasteiger charge is 2.32. The van der Waals surface area contributed by atoms with E-state index in [1.807, 2.05) is 17.9 Å². The van der Waals surface area contributed by atoms with Crippen LogP contribution < -0.4 is 15.8 Å². The monoisotopic (exact) mass is 664 g/mol. The Morgan fingerprint density at radius 3 is 2.41 bits per heavy atom. The number of aromatic nitrogens is 3. The van der Waals surface area contributed by atoms with E-state index in [1.165, 1.54) is 4.52 Å². The summed E-state index contributed by atoms with van der Waals surface area (Å²) in [7, 11) is 0. The van der Waals surface area contributed by atoms with Crippen LogP contribution in [-0.2, 0) is 33.4 Å². The van der Waals surface area contributed by atoms with E-state index in [1.54, 1.807) is 36.3 Å². The van der Waals surface area contributed by atoms with Crippen LogP contribution in [-0.4, -0.2) is 76.1 Å². The third kappa shape index (κ3) is 7.17. The first kappa shape index (κ1) is 33.3. The van der Waals surface area contributed by atoms with Crippen LogP contribution in [0.3, 0.4) is 0 Å². The van der Waals surface area contributed by atoms with Crippen LogP contribution in [0.25, 0.3) is 11.2 Å². The van der Waals surface area contributed by atoms with Gasteiger partial charge in [-0.3, -0.25) is 9.59 Å². The van der Waals surface area contributed by atoms with Gasteiger partial charge in [-0.2, -0.15) is 22.8 Å². The van der Waals surface area contributed by atoms with Crippen molar-refractivity contribution < 1.29 is 32.2 Å². The van der Waals surface area contributed by atoms with Gasteiger partial charge in [0, 0.05) is 37.9 Å². The number of anilines is 2. The summed E-state index contributed by atoms with van der Waals surface area (Å²) in [6.45, 7) is 9.22. The smallest absolute Gasteiger partial charge is 0.416 e. The molecule has 11 nitrogen and oxygen atoms in total. The number of fused-ring (bicyclic) bond motifs is 1. The molecule has 0 radical (unpaired) electrons. The van der Waals surface area contributed by atoms with E-state index in [9.17, 15) is 27.6 Å². The van der Waals surface area contributed by atoms with Crippen molar-refractivity contribution in [2.24, 2.45) is 0 Å². The molecule has 4 heterocycles. The number of benzene rings is 1. The summed E-state index contributed by atoms with van der Waals surface area (Å²) in [6, 6.07) is 4.46. The molecule has 0 aliphatic carbocycles. The number of hydrogen-bond donors (Lipinski definition) is 1. The van der Waals surface area contributed by atoms with Gasteiger partial charge in [0.2, 0.25) is 5.91 Å². The van der Waals surface area contributed by atoms with Gasteiger partial charge in [-0.1, -0.05) is 24.6 Å². The van der Waals surface area contributed by atoms with Crippen LogP contribution in [0.2, 0.25) is 5.02 Å². The van der Waals surface area contributed by atoms with Gasteiger partial charge in [0.1, 0.15) is 23.5 Å². The van der Waals surface area contributed by atoms with E-state index in [2.05, 4.69) is 10.4 Å². The molecule has 0 bridgehead atoms. The molecule has 2 aliphatic rings. The zero-order valence-corrected chi connectivity index (χ0v) is 26.8. The second-order valence-electron chi connectivity index (χ2n) is 12.1. The van der Waals surface area contributed by atoms with Gasteiger partial charge >= 0.3 is 12.3 Å². The second kappa shape index (κ2) is 13.0. The van der Waals surface area contributed by atoms with Crippen LogP contribution in [0.1, 0.15) is 51.1 Å². The number of carbonyl (C=O) groups excluding carboxylic acids is 2. The number of carbonyl (C=O) groups is 2. The summed E-state index contributed by atoms with van der Waals surface area (Å²) >= 11 is 6.11. The maximum absolute atomic E-state index is 14.1. The molecular weight excluding hydrogens is 629 g/mol. The first-order chi connectivity index (χ1) is 21.7. The van der Waals surface area contributed by atoms with Crippen molar-refractivity contribution in [1.82, 2.24) is 19.1 Å². The SMILES string of the molecule is CCc1c(N2CCN(C(=O)OC(C)(C)C)CC2)c(=O)n2nc(C3=CCOCC3)cc2n1CC(=O)Nc1ccc(C(F)(F)F)cc1Cl. The lowest BCUT2D eigenvalue weighted by molar-refractivity contribution is -0.137. The van der Waals surface area contributed by atoms with Crippen LogP contribution >= 0.6 is 11.6 Å². The zero-order valence-electron chi connectivity index (χ0n) is 26.0. The fourth-order valence-corrected chi connectivity index (χ4v) is 5.76. The van der Waals surface area contributed by atoms with E-state index >= 15 is 0 Å². The summed E-state index contributed by atoms with van der Waals surface area (Å²) in [5.74, 6) is -0.560. The topological polar surface area (TPSA) is 110 Å². The summed E-state index contributed by atoms with van der Waals surface area (Å²) < 4.78 is 53.3. The van der Waals surface area contributed by atoms with E-state index in [-0.39, 0.29) is 22.8 Å².